The van der Waals surface area contributed by atoms with E-state index in [9.17, 15) is 9.59 Å². The van der Waals surface area contributed by atoms with Gasteiger partial charge in [0.05, 0.1) is 13.2 Å². The maximum atomic E-state index is 12.0. The van der Waals surface area contributed by atoms with Crippen LogP contribution in [-0.4, -0.2) is 63.2 Å². The lowest BCUT2D eigenvalue weighted by molar-refractivity contribution is -0.130. The summed E-state index contributed by atoms with van der Waals surface area (Å²) in [5.74, 6) is 0.328. The molecule has 7 nitrogen and oxygen atoms in total. The number of rotatable bonds is 6. The highest BCUT2D eigenvalue weighted by atomic mass is 35.5. The van der Waals surface area contributed by atoms with Crippen molar-refractivity contribution in [1.82, 2.24) is 10.2 Å². The highest BCUT2D eigenvalue weighted by Gasteiger charge is 2.17. The van der Waals surface area contributed by atoms with E-state index in [1.165, 1.54) is 4.90 Å². The summed E-state index contributed by atoms with van der Waals surface area (Å²) in [7, 11) is 3.34. The first kappa shape index (κ1) is 20.2. The summed E-state index contributed by atoms with van der Waals surface area (Å²) in [6, 6.07) is 7.04. The van der Waals surface area contributed by atoms with Gasteiger partial charge in [-0.25, -0.2) is 0 Å². The molecule has 1 saturated heterocycles. The topological polar surface area (TPSA) is 79.9 Å². The minimum absolute atomic E-state index is 0. The molecule has 1 aliphatic rings. The predicted octanol–water partition coefficient (Wildman–Crippen LogP) is 0.892. The van der Waals surface area contributed by atoms with E-state index in [0.717, 1.165) is 6.54 Å². The molecular weight excluding hydrogens is 334 g/mol. The van der Waals surface area contributed by atoms with Crippen LogP contribution in [0.15, 0.2) is 24.3 Å². The van der Waals surface area contributed by atoms with E-state index in [-0.39, 0.29) is 36.9 Å². The van der Waals surface area contributed by atoms with Crippen LogP contribution in [0.3, 0.4) is 0 Å². The largest absolute Gasteiger partial charge is 0.484 e. The van der Waals surface area contributed by atoms with Crippen molar-refractivity contribution in [3.63, 3.8) is 0 Å². The maximum Gasteiger partial charge on any atom is 0.259 e. The summed E-state index contributed by atoms with van der Waals surface area (Å²) in [6.07, 6.45) is 0.351. The molecule has 0 aliphatic carbocycles. The molecule has 0 radical (unpaired) electrons. The second-order valence-corrected chi connectivity index (χ2v) is 5.58. The normalized spacial score (nSPS) is 16.7. The monoisotopic (exact) mass is 357 g/mol. The van der Waals surface area contributed by atoms with Gasteiger partial charge in [-0.1, -0.05) is 6.07 Å². The van der Waals surface area contributed by atoms with E-state index < -0.39 is 0 Å². The van der Waals surface area contributed by atoms with Crippen LogP contribution in [0, 0.1) is 0 Å². The Balaban J connectivity index is 0.00000288. The first-order valence-electron chi connectivity index (χ1n) is 7.58. The van der Waals surface area contributed by atoms with Gasteiger partial charge in [-0.3, -0.25) is 9.59 Å². The van der Waals surface area contributed by atoms with Crippen molar-refractivity contribution in [1.29, 1.82) is 0 Å². The molecular formula is C16H24ClN3O4. The minimum atomic E-state index is -0.122. The summed E-state index contributed by atoms with van der Waals surface area (Å²) in [5.41, 5.74) is 0.640. The zero-order valence-corrected chi connectivity index (χ0v) is 14.7. The van der Waals surface area contributed by atoms with E-state index in [1.807, 2.05) is 0 Å². The average molecular weight is 358 g/mol. The quantitative estimate of drug-likeness (QED) is 0.790. The van der Waals surface area contributed by atoms with Crippen molar-refractivity contribution in [2.45, 2.75) is 12.5 Å². The molecule has 24 heavy (non-hydrogen) atoms. The highest BCUT2D eigenvalue weighted by molar-refractivity contribution is 5.91. The first-order valence-corrected chi connectivity index (χ1v) is 7.58. The molecule has 1 fully saturated rings. The summed E-state index contributed by atoms with van der Waals surface area (Å²) in [6.45, 7) is 1.96. The number of carbonyl (C=O) groups excluding carboxylic acids is 2. The van der Waals surface area contributed by atoms with Gasteiger partial charge in [0.1, 0.15) is 5.75 Å². The summed E-state index contributed by atoms with van der Waals surface area (Å²) < 4.78 is 10.8. The SMILES string of the molecule is CN(C)C(=O)COc1cccc(NC(=O)CC2COCCN2)c1.Cl. The molecule has 0 bridgehead atoms. The number of anilines is 1. The fraction of sp³-hybridized carbons (Fsp3) is 0.500. The lowest BCUT2D eigenvalue weighted by atomic mass is 10.2. The number of amides is 2. The van der Waals surface area contributed by atoms with E-state index >= 15 is 0 Å². The van der Waals surface area contributed by atoms with Gasteiger partial charge in [-0.2, -0.15) is 0 Å². The van der Waals surface area contributed by atoms with Crippen LogP contribution in [-0.2, 0) is 14.3 Å². The fourth-order valence-electron chi connectivity index (χ4n) is 2.12. The van der Waals surface area contributed by atoms with Crippen LogP contribution >= 0.6 is 12.4 Å². The van der Waals surface area contributed by atoms with E-state index in [4.69, 9.17) is 9.47 Å². The third kappa shape index (κ3) is 6.74. The Morgan fingerprint density at radius 1 is 1.42 bits per heavy atom. The molecule has 1 heterocycles. The predicted molar refractivity (Wildman–Crippen MR) is 93.7 cm³/mol. The molecule has 0 aromatic heterocycles. The molecule has 2 amide bonds. The van der Waals surface area contributed by atoms with Gasteiger partial charge in [0.15, 0.2) is 6.61 Å². The lowest BCUT2D eigenvalue weighted by Crippen LogP contribution is -2.43. The number of nitrogens with one attached hydrogen (secondary N) is 2. The Morgan fingerprint density at radius 2 is 2.21 bits per heavy atom. The van der Waals surface area contributed by atoms with Crippen molar-refractivity contribution in [3.05, 3.63) is 24.3 Å². The molecule has 134 valence electrons. The molecule has 1 aliphatic heterocycles. The molecule has 2 N–H and O–H groups in total. The number of carbonyl (C=O) groups is 2. The first-order chi connectivity index (χ1) is 11.0. The van der Waals surface area contributed by atoms with Crippen LogP contribution in [0.2, 0.25) is 0 Å². The van der Waals surface area contributed by atoms with Gasteiger partial charge >= 0.3 is 0 Å². The van der Waals surface area contributed by atoms with E-state index in [2.05, 4.69) is 10.6 Å². The molecule has 0 spiro atoms. The molecule has 0 saturated carbocycles. The molecule has 8 heteroatoms. The van der Waals surface area contributed by atoms with Gasteiger partial charge < -0.3 is 25.0 Å². The van der Waals surface area contributed by atoms with Crippen LogP contribution in [0.5, 0.6) is 5.75 Å². The van der Waals surface area contributed by atoms with Crippen LogP contribution in [0.4, 0.5) is 5.69 Å². The van der Waals surface area contributed by atoms with Crippen LogP contribution < -0.4 is 15.4 Å². The van der Waals surface area contributed by atoms with Gasteiger partial charge in [0, 0.05) is 44.9 Å². The number of benzene rings is 1. The van der Waals surface area contributed by atoms with E-state index in [0.29, 0.717) is 31.1 Å². The number of hydrogen-bond donors (Lipinski definition) is 2. The summed E-state index contributed by atoms with van der Waals surface area (Å²) >= 11 is 0. The number of likely N-dealkylation sites (N-methyl/N-ethyl adjacent to an activating group) is 1. The highest BCUT2D eigenvalue weighted by Crippen LogP contribution is 2.17. The number of morpholine rings is 1. The average Bonchev–Trinajstić information content (AvgIpc) is 2.53. The van der Waals surface area contributed by atoms with Gasteiger partial charge in [-0.15, -0.1) is 12.4 Å². The number of hydrogen-bond acceptors (Lipinski definition) is 5. The van der Waals surface area contributed by atoms with Gasteiger partial charge in [0.25, 0.3) is 5.91 Å². The molecule has 1 aromatic carbocycles. The van der Waals surface area contributed by atoms with Crippen LogP contribution in [0.1, 0.15) is 6.42 Å². The Kier molecular flexibility index (Phi) is 8.53. The van der Waals surface area contributed by atoms with Gasteiger partial charge in [0.2, 0.25) is 5.91 Å². The minimum Gasteiger partial charge on any atom is -0.484 e. The zero-order valence-electron chi connectivity index (χ0n) is 13.9. The Hall–Kier alpha value is -1.83. The van der Waals surface area contributed by atoms with Crippen molar-refractivity contribution >= 4 is 29.9 Å². The zero-order chi connectivity index (χ0) is 16.7. The number of nitrogens with zero attached hydrogens (tertiary/aromatic N) is 1. The van der Waals surface area contributed by atoms with Crippen molar-refractivity contribution < 1.29 is 19.1 Å². The number of ether oxygens (including phenoxy) is 2. The molecule has 1 atom stereocenters. The Labute approximate surface area is 148 Å². The summed E-state index contributed by atoms with van der Waals surface area (Å²) in [5, 5.41) is 6.07. The lowest BCUT2D eigenvalue weighted by Gasteiger charge is -2.23. The second-order valence-electron chi connectivity index (χ2n) is 5.58. The van der Waals surface area contributed by atoms with Crippen molar-refractivity contribution in [3.8, 4) is 5.75 Å². The van der Waals surface area contributed by atoms with E-state index in [1.54, 1.807) is 38.4 Å². The summed E-state index contributed by atoms with van der Waals surface area (Å²) in [4.78, 5) is 25.0. The smallest absolute Gasteiger partial charge is 0.259 e. The third-order valence-corrected chi connectivity index (χ3v) is 3.41. The molecule has 2 rings (SSSR count). The van der Waals surface area contributed by atoms with Crippen LogP contribution in [0.25, 0.3) is 0 Å². The van der Waals surface area contributed by atoms with Crippen molar-refractivity contribution in [2.24, 2.45) is 0 Å². The Morgan fingerprint density at radius 3 is 2.88 bits per heavy atom. The molecule has 1 aromatic rings. The van der Waals surface area contributed by atoms with Crippen molar-refractivity contribution in [2.75, 3.05) is 45.8 Å². The third-order valence-electron chi connectivity index (χ3n) is 3.41. The standard InChI is InChI=1S/C16H23N3O4.ClH/c1-19(2)16(21)11-23-14-5-3-4-12(8-14)18-15(20)9-13-10-22-7-6-17-13;/h3-5,8,13,17H,6-7,9-11H2,1-2H3,(H,18,20);1H. The fourth-order valence-corrected chi connectivity index (χ4v) is 2.12. The van der Waals surface area contributed by atoms with Gasteiger partial charge in [-0.05, 0) is 12.1 Å². The maximum absolute atomic E-state index is 12.0. The molecule has 1 unspecified atom stereocenters. The Bertz CT molecular complexity index is 548. The number of halogens is 1. The second kappa shape index (κ2) is 10.1.